The number of carboxylic acid groups (broad SMARTS) is 1. The van der Waals surface area contributed by atoms with Gasteiger partial charge in [-0.05, 0) is 36.8 Å². The van der Waals surface area contributed by atoms with Crippen molar-refractivity contribution in [1.82, 2.24) is 4.98 Å². The van der Waals surface area contributed by atoms with Crippen molar-refractivity contribution in [2.45, 2.75) is 25.2 Å². The van der Waals surface area contributed by atoms with Crippen LogP contribution >= 0.6 is 0 Å². The van der Waals surface area contributed by atoms with Crippen molar-refractivity contribution in [3.8, 4) is 0 Å². The maximum Gasteiger partial charge on any atom is 0.416 e. The van der Waals surface area contributed by atoms with Gasteiger partial charge in [0.15, 0.2) is 5.69 Å². The quantitative estimate of drug-likeness (QED) is 0.896. The number of aromatic nitrogens is 1. The number of nitrogens with zero attached hydrogens (tertiary/aromatic N) is 2. The molecule has 0 radical (unpaired) electrons. The van der Waals surface area contributed by atoms with Crippen LogP contribution in [0.3, 0.4) is 0 Å². The highest BCUT2D eigenvalue weighted by molar-refractivity contribution is 5.85. The Morgan fingerprint density at radius 1 is 1.27 bits per heavy atom. The Hall–Kier alpha value is -2.61. The SMILES string of the molecule is CC1COC(c2cccc(C(F)(F)F)c2)CN1c1cccc(C(=O)O)n1. The average molecular weight is 366 g/mol. The van der Waals surface area contributed by atoms with Crippen LogP contribution in [0.25, 0.3) is 0 Å². The number of halogens is 3. The molecule has 8 heteroatoms. The van der Waals surface area contributed by atoms with Gasteiger partial charge >= 0.3 is 12.1 Å². The van der Waals surface area contributed by atoms with Crippen molar-refractivity contribution in [3.63, 3.8) is 0 Å². The Labute approximate surface area is 148 Å². The normalized spacial score (nSPS) is 20.8. The summed E-state index contributed by atoms with van der Waals surface area (Å²) < 4.78 is 44.5. The highest BCUT2D eigenvalue weighted by Crippen LogP contribution is 2.33. The third-order valence-electron chi connectivity index (χ3n) is 4.27. The molecule has 1 aliphatic rings. The highest BCUT2D eigenvalue weighted by Gasteiger charge is 2.33. The van der Waals surface area contributed by atoms with E-state index in [0.717, 1.165) is 12.1 Å². The molecule has 2 aromatic rings. The lowest BCUT2D eigenvalue weighted by Gasteiger charge is -2.39. The zero-order chi connectivity index (χ0) is 18.9. The molecule has 138 valence electrons. The smallest absolute Gasteiger partial charge is 0.416 e. The lowest BCUT2D eigenvalue weighted by Crippen LogP contribution is -2.45. The maximum atomic E-state index is 12.9. The molecule has 0 spiro atoms. The standard InChI is InChI=1S/C18H17F3N2O3/c1-11-10-26-15(12-4-2-5-13(8-12)18(19,20)21)9-23(11)16-7-3-6-14(22-16)17(24)25/h2-8,11,15H,9-10H2,1H3,(H,24,25). The second-order valence-electron chi connectivity index (χ2n) is 6.13. The van der Waals surface area contributed by atoms with Crippen LogP contribution in [0.5, 0.6) is 0 Å². The van der Waals surface area contributed by atoms with E-state index in [9.17, 15) is 18.0 Å². The van der Waals surface area contributed by atoms with Gasteiger partial charge in [-0.25, -0.2) is 9.78 Å². The van der Waals surface area contributed by atoms with Gasteiger partial charge in [0.05, 0.1) is 24.8 Å². The van der Waals surface area contributed by atoms with Crippen LogP contribution in [0.2, 0.25) is 0 Å². The molecule has 1 aromatic heterocycles. The van der Waals surface area contributed by atoms with Crippen LogP contribution < -0.4 is 4.90 Å². The lowest BCUT2D eigenvalue weighted by molar-refractivity contribution is -0.137. The van der Waals surface area contributed by atoms with Gasteiger partial charge in [0, 0.05) is 0 Å². The second-order valence-corrected chi connectivity index (χ2v) is 6.13. The number of hydrogen-bond donors (Lipinski definition) is 1. The minimum absolute atomic E-state index is 0.0863. The first-order valence-electron chi connectivity index (χ1n) is 8.01. The van der Waals surface area contributed by atoms with E-state index < -0.39 is 23.8 Å². The van der Waals surface area contributed by atoms with Crippen molar-refractivity contribution in [3.05, 3.63) is 59.3 Å². The van der Waals surface area contributed by atoms with E-state index in [0.29, 0.717) is 18.0 Å². The van der Waals surface area contributed by atoms with Gasteiger partial charge in [0.2, 0.25) is 0 Å². The summed E-state index contributed by atoms with van der Waals surface area (Å²) in [5.41, 5.74) is -0.391. The third-order valence-corrected chi connectivity index (χ3v) is 4.27. The molecule has 1 aromatic carbocycles. The minimum Gasteiger partial charge on any atom is -0.477 e. The van der Waals surface area contributed by atoms with Crippen molar-refractivity contribution in [1.29, 1.82) is 0 Å². The first-order valence-corrected chi connectivity index (χ1v) is 8.01. The number of morpholine rings is 1. The first kappa shape index (κ1) is 18.2. The number of pyridine rings is 1. The molecule has 3 rings (SSSR count). The van der Waals surface area contributed by atoms with E-state index >= 15 is 0 Å². The predicted octanol–water partition coefficient (Wildman–Crippen LogP) is 3.77. The Balaban J connectivity index is 1.87. The fraction of sp³-hybridized carbons (Fsp3) is 0.333. The summed E-state index contributed by atoms with van der Waals surface area (Å²) in [6.45, 7) is 2.45. The Bertz CT molecular complexity index is 810. The van der Waals surface area contributed by atoms with Crippen molar-refractivity contribution in [2.24, 2.45) is 0 Å². The number of alkyl halides is 3. The topological polar surface area (TPSA) is 62.7 Å². The molecule has 1 fully saturated rings. The highest BCUT2D eigenvalue weighted by atomic mass is 19.4. The molecular weight excluding hydrogens is 349 g/mol. The molecule has 5 nitrogen and oxygen atoms in total. The number of carbonyl (C=O) groups is 1. The van der Waals surface area contributed by atoms with Gasteiger partial charge in [0.1, 0.15) is 11.9 Å². The summed E-state index contributed by atoms with van der Waals surface area (Å²) in [7, 11) is 0. The van der Waals surface area contributed by atoms with Crippen molar-refractivity contribution in [2.75, 3.05) is 18.1 Å². The average Bonchev–Trinajstić information content (AvgIpc) is 2.61. The van der Waals surface area contributed by atoms with E-state index in [1.165, 1.54) is 12.1 Å². The van der Waals surface area contributed by atoms with Gasteiger partial charge < -0.3 is 14.7 Å². The monoisotopic (exact) mass is 366 g/mol. The van der Waals surface area contributed by atoms with E-state index in [1.54, 1.807) is 18.2 Å². The van der Waals surface area contributed by atoms with Crippen LogP contribution in [-0.4, -0.2) is 35.3 Å². The summed E-state index contributed by atoms with van der Waals surface area (Å²) in [5, 5.41) is 9.10. The number of anilines is 1. The first-order chi connectivity index (χ1) is 12.3. The molecule has 0 aliphatic carbocycles. The lowest BCUT2D eigenvalue weighted by atomic mass is 10.0. The van der Waals surface area contributed by atoms with E-state index in [-0.39, 0.29) is 18.3 Å². The molecule has 1 saturated heterocycles. The summed E-state index contributed by atoms with van der Waals surface area (Å²) >= 11 is 0. The molecule has 0 saturated carbocycles. The van der Waals surface area contributed by atoms with Crippen LogP contribution in [0.15, 0.2) is 42.5 Å². The fourth-order valence-corrected chi connectivity index (χ4v) is 2.90. The number of ether oxygens (including phenoxy) is 1. The molecule has 1 aliphatic heterocycles. The van der Waals surface area contributed by atoms with E-state index in [1.807, 2.05) is 11.8 Å². The van der Waals surface area contributed by atoms with Gasteiger partial charge in [-0.2, -0.15) is 13.2 Å². The molecular formula is C18H17F3N2O3. The molecule has 1 N–H and O–H groups in total. The van der Waals surface area contributed by atoms with Gasteiger partial charge in [-0.1, -0.05) is 18.2 Å². The summed E-state index contributed by atoms with van der Waals surface area (Å²) in [6.07, 6.45) is -4.99. The van der Waals surface area contributed by atoms with E-state index in [4.69, 9.17) is 9.84 Å². The van der Waals surface area contributed by atoms with E-state index in [2.05, 4.69) is 4.98 Å². The zero-order valence-corrected chi connectivity index (χ0v) is 13.9. The van der Waals surface area contributed by atoms with Gasteiger partial charge in [0.25, 0.3) is 0 Å². The van der Waals surface area contributed by atoms with Crippen LogP contribution in [0.1, 0.15) is 34.6 Å². The van der Waals surface area contributed by atoms with Gasteiger partial charge in [-0.3, -0.25) is 0 Å². The molecule has 2 unspecified atom stereocenters. The van der Waals surface area contributed by atoms with Crippen molar-refractivity contribution >= 4 is 11.8 Å². The van der Waals surface area contributed by atoms with Crippen LogP contribution in [0.4, 0.5) is 19.0 Å². The van der Waals surface area contributed by atoms with Crippen LogP contribution in [-0.2, 0) is 10.9 Å². The molecule has 0 amide bonds. The summed E-state index contributed by atoms with van der Waals surface area (Å²) in [5.74, 6) is -0.681. The zero-order valence-electron chi connectivity index (χ0n) is 13.9. The number of hydrogen-bond acceptors (Lipinski definition) is 4. The summed E-state index contributed by atoms with van der Waals surface area (Å²) in [4.78, 5) is 17.1. The number of carboxylic acids is 1. The molecule has 2 heterocycles. The predicted molar refractivity (Wildman–Crippen MR) is 88.1 cm³/mol. The Morgan fingerprint density at radius 2 is 2.00 bits per heavy atom. The van der Waals surface area contributed by atoms with Crippen molar-refractivity contribution < 1.29 is 27.8 Å². The number of benzene rings is 1. The Kier molecular flexibility index (Phi) is 4.86. The number of aromatic carboxylic acids is 1. The number of rotatable bonds is 3. The second kappa shape index (κ2) is 6.95. The van der Waals surface area contributed by atoms with Crippen LogP contribution in [0, 0.1) is 0 Å². The van der Waals surface area contributed by atoms with Gasteiger partial charge in [-0.15, -0.1) is 0 Å². The molecule has 0 bridgehead atoms. The fourth-order valence-electron chi connectivity index (χ4n) is 2.90. The third kappa shape index (κ3) is 3.80. The molecule has 2 atom stereocenters. The largest absolute Gasteiger partial charge is 0.477 e. The Morgan fingerprint density at radius 3 is 2.69 bits per heavy atom. The summed E-state index contributed by atoms with van der Waals surface area (Å²) in [6, 6.07) is 9.62. The maximum absolute atomic E-state index is 12.9. The molecule has 26 heavy (non-hydrogen) atoms. The minimum atomic E-state index is -4.42.